The molecule has 0 saturated carbocycles. The van der Waals surface area contributed by atoms with Crippen molar-refractivity contribution in [1.82, 2.24) is 10.2 Å². The third-order valence-corrected chi connectivity index (χ3v) is 5.37. The van der Waals surface area contributed by atoms with Crippen LogP contribution >= 0.6 is 0 Å². The fourth-order valence-corrected chi connectivity index (χ4v) is 4.10. The lowest BCUT2D eigenvalue weighted by atomic mass is 9.72. The summed E-state index contributed by atoms with van der Waals surface area (Å²) in [6, 6.07) is 0. The van der Waals surface area contributed by atoms with Crippen LogP contribution in [0.5, 0.6) is 0 Å². The van der Waals surface area contributed by atoms with Crippen molar-refractivity contribution in [3.05, 3.63) is 35.9 Å². The molecule has 2 N–H and O–H groups in total. The Bertz CT molecular complexity index is 680. The summed E-state index contributed by atoms with van der Waals surface area (Å²) in [7, 11) is 0. The molecule has 0 radical (unpaired) electrons. The van der Waals surface area contributed by atoms with Gasteiger partial charge >= 0.3 is 0 Å². The number of aliphatic hydroxyl groups excluding tert-OH is 1. The Morgan fingerprint density at radius 1 is 1.38 bits per heavy atom. The molecule has 2 heterocycles. The van der Waals surface area contributed by atoms with Gasteiger partial charge < -0.3 is 15.3 Å². The summed E-state index contributed by atoms with van der Waals surface area (Å²) < 4.78 is 0. The molecule has 3 rings (SSSR count). The third-order valence-electron chi connectivity index (χ3n) is 5.37. The maximum Gasteiger partial charge on any atom is 0.276 e. The first kappa shape index (κ1) is 16.5. The predicted octanol–water partition coefficient (Wildman–Crippen LogP) is 1.86. The van der Waals surface area contributed by atoms with Crippen LogP contribution in [0.1, 0.15) is 32.6 Å². The van der Waals surface area contributed by atoms with E-state index in [2.05, 4.69) is 16.9 Å². The van der Waals surface area contributed by atoms with E-state index in [-0.39, 0.29) is 28.6 Å². The molecular weight excluding hydrogens is 306 g/mol. The monoisotopic (exact) mass is 329 g/mol. The zero-order chi connectivity index (χ0) is 17.3. The van der Waals surface area contributed by atoms with Crippen molar-refractivity contribution in [2.45, 2.75) is 32.6 Å². The molecule has 2 aliphatic heterocycles. The third kappa shape index (κ3) is 2.56. The summed E-state index contributed by atoms with van der Waals surface area (Å²) >= 11 is 0. The predicted molar refractivity (Wildman–Crippen MR) is 91.5 cm³/mol. The summed E-state index contributed by atoms with van der Waals surface area (Å²) in [4.78, 5) is 30.5. The van der Waals surface area contributed by atoms with Crippen molar-refractivity contribution in [2.24, 2.45) is 10.4 Å². The van der Waals surface area contributed by atoms with Gasteiger partial charge in [0, 0.05) is 36.0 Å². The van der Waals surface area contributed by atoms with E-state index in [1.165, 1.54) is 12.3 Å². The second-order valence-electron chi connectivity index (χ2n) is 6.54. The Morgan fingerprint density at radius 3 is 2.71 bits per heavy atom. The number of nitrogens with one attached hydrogen (secondary N) is 1. The molecule has 24 heavy (non-hydrogen) atoms. The molecule has 0 atom stereocenters. The number of amides is 1. The second kappa shape index (κ2) is 6.26. The Kier molecular flexibility index (Phi) is 4.30. The van der Waals surface area contributed by atoms with Crippen molar-refractivity contribution < 1.29 is 14.7 Å². The van der Waals surface area contributed by atoms with Crippen molar-refractivity contribution in [3.63, 3.8) is 0 Å². The largest absolute Gasteiger partial charge is 0.506 e. The molecule has 6 nitrogen and oxygen atoms in total. The van der Waals surface area contributed by atoms with Crippen LogP contribution in [0.3, 0.4) is 0 Å². The van der Waals surface area contributed by atoms with E-state index in [1.807, 2.05) is 0 Å². The molecule has 1 spiro atoms. The molecule has 1 amide bonds. The average molecular weight is 329 g/mol. The SMILES string of the molecule is C=CN=C(C(=O)N1CCC2(CCC3=C2C(=O)CN3)CC1)/C(O)=C\C. The summed E-state index contributed by atoms with van der Waals surface area (Å²) in [5, 5.41) is 13.1. The van der Waals surface area contributed by atoms with Gasteiger partial charge in [0.25, 0.3) is 5.91 Å². The Labute approximate surface area is 141 Å². The molecule has 0 aromatic rings. The van der Waals surface area contributed by atoms with Crippen LogP contribution in [0.15, 0.2) is 40.9 Å². The maximum absolute atomic E-state index is 12.6. The van der Waals surface area contributed by atoms with E-state index >= 15 is 0 Å². The van der Waals surface area contributed by atoms with Gasteiger partial charge in [0.2, 0.25) is 0 Å². The summed E-state index contributed by atoms with van der Waals surface area (Å²) in [5.74, 6) is -0.215. The lowest BCUT2D eigenvalue weighted by molar-refractivity contribution is -0.126. The number of carbonyl (C=O) groups excluding carboxylic acids is 2. The fourth-order valence-electron chi connectivity index (χ4n) is 4.10. The minimum absolute atomic E-state index is 0.0217. The number of Topliss-reactive ketones (excluding diaryl/α,β-unsaturated/α-hetero) is 1. The van der Waals surface area contributed by atoms with Crippen LogP contribution in [0, 0.1) is 5.41 Å². The summed E-state index contributed by atoms with van der Waals surface area (Å²) in [6.45, 7) is 6.70. The maximum atomic E-state index is 12.6. The van der Waals surface area contributed by atoms with Gasteiger partial charge in [0.1, 0.15) is 5.76 Å². The number of piperidine rings is 1. The number of likely N-dealkylation sites (tertiary alicyclic amines) is 1. The van der Waals surface area contributed by atoms with E-state index in [9.17, 15) is 14.7 Å². The van der Waals surface area contributed by atoms with Gasteiger partial charge in [-0.1, -0.05) is 6.58 Å². The van der Waals surface area contributed by atoms with Crippen molar-refractivity contribution in [2.75, 3.05) is 19.6 Å². The van der Waals surface area contributed by atoms with Gasteiger partial charge in [-0.05, 0) is 38.7 Å². The molecule has 1 aliphatic carbocycles. The van der Waals surface area contributed by atoms with Crippen LogP contribution < -0.4 is 5.32 Å². The number of aliphatic hydroxyl groups is 1. The average Bonchev–Trinajstić information content (AvgIpc) is 3.14. The molecule has 0 unspecified atom stereocenters. The van der Waals surface area contributed by atoms with E-state index in [4.69, 9.17) is 0 Å². The molecule has 3 aliphatic rings. The van der Waals surface area contributed by atoms with Crippen molar-refractivity contribution in [1.29, 1.82) is 0 Å². The molecular formula is C18H23N3O3. The molecule has 1 saturated heterocycles. The molecule has 128 valence electrons. The normalized spacial score (nSPS) is 23.5. The van der Waals surface area contributed by atoms with Crippen molar-refractivity contribution in [3.8, 4) is 0 Å². The first-order chi connectivity index (χ1) is 11.5. The zero-order valence-electron chi connectivity index (χ0n) is 14.0. The number of rotatable bonds is 3. The van der Waals surface area contributed by atoms with Gasteiger partial charge in [0.05, 0.1) is 6.54 Å². The minimum atomic E-state index is -0.288. The standard InChI is InChI=1S/C18H23N3O3/c1-3-13(22)16(19-4-2)17(24)21-9-7-18(8-10-21)6-5-12-15(18)14(23)11-20-12/h3-4,20,22H,2,5-11H2,1H3/b13-3+,19-16?. The lowest BCUT2D eigenvalue weighted by Crippen LogP contribution is -2.46. The number of hydrogen-bond donors (Lipinski definition) is 2. The number of hydrogen-bond acceptors (Lipinski definition) is 5. The topological polar surface area (TPSA) is 82.0 Å². The smallest absolute Gasteiger partial charge is 0.276 e. The summed E-state index contributed by atoms with van der Waals surface area (Å²) in [6.07, 6.45) is 6.17. The van der Waals surface area contributed by atoms with E-state index in [0.717, 1.165) is 37.0 Å². The van der Waals surface area contributed by atoms with Crippen LogP contribution in [0.2, 0.25) is 0 Å². The van der Waals surface area contributed by atoms with E-state index < -0.39 is 0 Å². The second-order valence-corrected chi connectivity index (χ2v) is 6.54. The summed E-state index contributed by atoms with van der Waals surface area (Å²) in [5.41, 5.74) is 2.03. The van der Waals surface area contributed by atoms with E-state index in [0.29, 0.717) is 19.6 Å². The lowest BCUT2D eigenvalue weighted by Gasteiger charge is -2.40. The molecule has 0 bridgehead atoms. The first-order valence-electron chi connectivity index (χ1n) is 8.37. The first-order valence-corrected chi connectivity index (χ1v) is 8.37. The van der Waals surface area contributed by atoms with Crippen LogP contribution in [0.4, 0.5) is 0 Å². The van der Waals surface area contributed by atoms with Gasteiger partial charge in [-0.3, -0.25) is 9.59 Å². The quantitative estimate of drug-likeness (QED) is 0.612. The van der Waals surface area contributed by atoms with Crippen LogP contribution in [-0.2, 0) is 9.59 Å². The minimum Gasteiger partial charge on any atom is -0.506 e. The number of allylic oxidation sites excluding steroid dienone is 2. The Hall–Kier alpha value is -2.37. The number of fused-ring (bicyclic) bond motifs is 1. The highest BCUT2D eigenvalue weighted by atomic mass is 16.3. The highest BCUT2D eigenvalue weighted by Crippen LogP contribution is 2.51. The number of ketones is 1. The highest BCUT2D eigenvalue weighted by molar-refractivity contribution is 6.44. The Balaban J connectivity index is 1.74. The molecule has 0 aromatic carbocycles. The van der Waals surface area contributed by atoms with Gasteiger partial charge in [-0.15, -0.1) is 0 Å². The van der Waals surface area contributed by atoms with Crippen LogP contribution in [-0.4, -0.2) is 47.0 Å². The number of aliphatic imine (C=N–C) groups is 1. The van der Waals surface area contributed by atoms with Crippen LogP contribution in [0.25, 0.3) is 0 Å². The number of nitrogens with zero attached hydrogens (tertiary/aromatic N) is 2. The van der Waals surface area contributed by atoms with Gasteiger partial charge in [0.15, 0.2) is 11.5 Å². The van der Waals surface area contributed by atoms with Gasteiger partial charge in [-0.2, -0.15) is 0 Å². The highest BCUT2D eigenvalue weighted by Gasteiger charge is 2.48. The molecule has 1 fully saturated rings. The number of carbonyl (C=O) groups is 2. The van der Waals surface area contributed by atoms with Gasteiger partial charge in [-0.25, -0.2) is 4.99 Å². The van der Waals surface area contributed by atoms with E-state index in [1.54, 1.807) is 11.8 Å². The van der Waals surface area contributed by atoms with Crippen molar-refractivity contribution >= 4 is 17.4 Å². The zero-order valence-corrected chi connectivity index (χ0v) is 14.0. The fraction of sp³-hybridized carbons (Fsp3) is 0.500. The molecule has 0 aromatic heterocycles. The molecule has 6 heteroatoms. The Morgan fingerprint density at radius 2 is 2.08 bits per heavy atom.